The largest absolute Gasteiger partial charge is 0.472 e. The molecule has 1 saturated heterocycles. The van der Waals surface area contributed by atoms with Gasteiger partial charge in [-0.25, -0.2) is 17.8 Å². The van der Waals surface area contributed by atoms with Gasteiger partial charge >= 0.3 is 13.9 Å². The summed E-state index contributed by atoms with van der Waals surface area (Å²) in [5.41, 5.74) is 6.97. The maximum atomic E-state index is 13.9. The summed E-state index contributed by atoms with van der Waals surface area (Å²) in [6, 6.07) is 13.9. The highest BCUT2D eigenvalue weighted by atomic mass is 32.2. The van der Waals surface area contributed by atoms with E-state index in [0.717, 1.165) is 5.56 Å². The molecule has 0 aromatic heterocycles. The molecule has 4 atom stereocenters. The number of phosphoric acid groups is 1. The van der Waals surface area contributed by atoms with E-state index in [1.54, 1.807) is 0 Å². The number of nitrogen functional groups attached to an aromatic ring is 1. The first-order chi connectivity index (χ1) is 21.0. The number of phosphoric ester groups is 1. The smallest absolute Gasteiger partial charge is 0.444 e. The molecule has 0 spiro atoms. The minimum atomic E-state index is -4.75. The Labute approximate surface area is 266 Å². The molecule has 2 aromatic rings. The van der Waals surface area contributed by atoms with Gasteiger partial charge in [0.15, 0.2) is 0 Å². The van der Waals surface area contributed by atoms with Crippen molar-refractivity contribution < 1.29 is 45.7 Å². The zero-order valence-corrected chi connectivity index (χ0v) is 28.4. The molecule has 252 valence electrons. The number of hydrogen-bond donors (Lipinski definition) is 3. The Morgan fingerprint density at radius 3 is 2.38 bits per heavy atom. The molecule has 1 aliphatic heterocycles. The van der Waals surface area contributed by atoms with Crippen molar-refractivity contribution in [1.29, 1.82) is 0 Å². The first-order valence-corrected chi connectivity index (χ1v) is 17.9. The predicted octanol–water partition coefficient (Wildman–Crippen LogP) is 3.25. The van der Waals surface area contributed by atoms with E-state index < -0.39 is 42.2 Å². The van der Waals surface area contributed by atoms with E-state index in [9.17, 15) is 22.7 Å². The quantitative estimate of drug-likeness (QED) is 0.129. The third-order valence-corrected chi connectivity index (χ3v) is 9.86. The van der Waals surface area contributed by atoms with Crippen LogP contribution in [-0.2, 0) is 39.5 Å². The van der Waals surface area contributed by atoms with Gasteiger partial charge in [0.2, 0.25) is 10.0 Å². The zero-order chi connectivity index (χ0) is 33.3. The topological polar surface area (TPSA) is 167 Å². The molecule has 1 amide bonds. The summed E-state index contributed by atoms with van der Waals surface area (Å²) >= 11 is 0. The number of hydrogen-bond acceptors (Lipinski definition) is 9. The Kier molecular flexibility index (Phi) is 13.4. The fraction of sp³-hybridized carbons (Fsp3) is 0.567. The van der Waals surface area contributed by atoms with Crippen LogP contribution in [0, 0.1) is 5.92 Å². The van der Waals surface area contributed by atoms with Crippen molar-refractivity contribution in [2.24, 2.45) is 5.92 Å². The fourth-order valence-corrected chi connectivity index (χ4v) is 7.16. The van der Waals surface area contributed by atoms with Crippen molar-refractivity contribution >= 4 is 29.6 Å². The lowest BCUT2D eigenvalue weighted by Crippen LogP contribution is -2.52. The van der Waals surface area contributed by atoms with E-state index in [1.807, 2.05) is 65.3 Å². The van der Waals surface area contributed by atoms with Crippen LogP contribution in [0.4, 0.5) is 10.5 Å². The Balaban J connectivity index is 2.00. The summed E-state index contributed by atoms with van der Waals surface area (Å²) in [6.45, 7) is 4.42. The van der Waals surface area contributed by atoms with Crippen molar-refractivity contribution in [1.82, 2.24) is 9.62 Å². The summed E-state index contributed by atoms with van der Waals surface area (Å²) < 4.78 is 64.8. The van der Waals surface area contributed by atoms with E-state index in [0.29, 0.717) is 29.7 Å². The lowest BCUT2D eigenvalue weighted by molar-refractivity contribution is -0.870. The standard InChI is InChI=1S/C30H47N4O9PS/c1-23(2)20-33(45(38,39)27-13-11-25(31)12-14-27)21-29(43-44(36,37)41-18-16-34(3,4)5)28(19-24-9-7-6-8-10-24)32-30(35)42-26-15-17-40-22-26/h6-14,23,26,28-29H,15-22,31H2,1-5H3,(H-,32,35,36,37)/p+1/t26-,28-,29+/m0/s1. The van der Waals surface area contributed by atoms with Gasteiger partial charge in [0.1, 0.15) is 25.4 Å². The van der Waals surface area contributed by atoms with Crippen LogP contribution in [0.15, 0.2) is 59.5 Å². The summed E-state index contributed by atoms with van der Waals surface area (Å²) in [5.74, 6) is -0.121. The minimum Gasteiger partial charge on any atom is -0.444 e. The van der Waals surface area contributed by atoms with E-state index in [4.69, 9.17) is 24.3 Å². The van der Waals surface area contributed by atoms with Crippen molar-refractivity contribution in [3.63, 3.8) is 0 Å². The van der Waals surface area contributed by atoms with Crippen LogP contribution in [0.25, 0.3) is 0 Å². The number of nitrogens with two attached hydrogens (primary N) is 1. The van der Waals surface area contributed by atoms with E-state index in [1.165, 1.54) is 28.6 Å². The molecule has 1 aliphatic rings. The highest BCUT2D eigenvalue weighted by Crippen LogP contribution is 2.45. The molecule has 1 fully saturated rings. The van der Waals surface area contributed by atoms with Gasteiger partial charge in [-0.3, -0.25) is 9.05 Å². The number of carbonyl (C=O) groups excluding carboxylic acids is 1. The molecule has 1 heterocycles. The van der Waals surface area contributed by atoms with Crippen LogP contribution in [0.3, 0.4) is 0 Å². The Morgan fingerprint density at radius 2 is 1.80 bits per heavy atom. The molecule has 4 N–H and O–H groups in total. The van der Waals surface area contributed by atoms with Crippen molar-refractivity contribution in [2.75, 3.05) is 66.3 Å². The number of ether oxygens (including phenoxy) is 2. The lowest BCUT2D eigenvalue weighted by atomic mass is 10.0. The average molecular weight is 672 g/mol. The van der Waals surface area contributed by atoms with Gasteiger partial charge in [0, 0.05) is 25.2 Å². The van der Waals surface area contributed by atoms with Crippen molar-refractivity contribution in [3.8, 4) is 0 Å². The number of benzene rings is 2. The molecular weight excluding hydrogens is 623 g/mol. The number of likely N-dealkylation sites (N-methyl/N-ethyl adjacent to an activating group) is 1. The second-order valence-electron chi connectivity index (χ2n) is 12.6. The third-order valence-electron chi connectivity index (χ3n) is 6.97. The van der Waals surface area contributed by atoms with Gasteiger partial charge in [0.25, 0.3) is 0 Å². The van der Waals surface area contributed by atoms with E-state index >= 15 is 0 Å². The Hall–Kier alpha value is -2.55. The number of sulfonamides is 1. The van der Waals surface area contributed by atoms with Crippen LogP contribution in [0.1, 0.15) is 25.8 Å². The maximum absolute atomic E-state index is 13.9. The average Bonchev–Trinajstić information content (AvgIpc) is 3.44. The molecular formula is C30H48N4O9PS+. The molecule has 0 radical (unpaired) electrons. The Bertz CT molecular complexity index is 1370. The maximum Gasteiger partial charge on any atom is 0.472 e. The van der Waals surface area contributed by atoms with Gasteiger partial charge < -0.3 is 29.9 Å². The fourth-order valence-electron chi connectivity index (χ4n) is 4.62. The number of amides is 1. The SMILES string of the molecule is CC(C)CN(C[C@@H](OP(=O)(O)OCC[N+](C)(C)C)[C@H](Cc1ccccc1)NC(=O)O[C@H]1CCOC1)S(=O)(=O)c1ccc(N)cc1. The molecule has 2 aromatic carbocycles. The molecule has 45 heavy (non-hydrogen) atoms. The van der Waals surface area contributed by atoms with Crippen molar-refractivity contribution in [2.45, 2.75) is 49.8 Å². The molecule has 1 unspecified atom stereocenters. The van der Waals surface area contributed by atoms with Gasteiger partial charge in [0.05, 0.1) is 45.3 Å². The second-order valence-corrected chi connectivity index (χ2v) is 15.9. The number of carbonyl (C=O) groups is 1. The van der Waals surface area contributed by atoms with Gasteiger partial charge in [-0.2, -0.15) is 4.31 Å². The predicted molar refractivity (Wildman–Crippen MR) is 171 cm³/mol. The summed E-state index contributed by atoms with van der Waals surface area (Å²) in [5, 5.41) is 2.78. The molecule has 3 rings (SSSR count). The van der Waals surface area contributed by atoms with Crippen LogP contribution in [0.5, 0.6) is 0 Å². The highest BCUT2D eigenvalue weighted by molar-refractivity contribution is 7.89. The Morgan fingerprint density at radius 1 is 1.13 bits per heavy atom. The van der Waals surface area contributed by atoms with Gasteiger partial charge in [-0.1, -0.05) is 44.2 Å². The summed E-state index contributed by atoms with van der Waals surface area (Å²) in [6.07, 6.45) is -1.90. The zero-order valence-electron chi connectivity index (χ0n) is 26.7. The molecule has 0 saturated carbocycles. The van der Waals surface area contributed by atoms with Crippen molar-refractivity contribution in [3.05, 3.63) is 60.2 Å². The number of anilines is 1. The summed E-state index contributed by atoms with van der Waals surface area (Å²) in [4.78, 5) is 24.0. The van der Waals surface area contributed by atoms with Gasteiger partial charge in [-0.05, 0) is 42.2 Å². The highest BCUT2D eigenvalue weighted by Gasteiger charge is 2.38. The number of nitrogens with one attached hydrogen (secondary N) is 1. The number of alkyl carbamates (subject to hydrolysis) is 1. The number of nitrogens with zero attached hydrogens (tertiary/aromatic N) is 2. The van der Waals surface area contributed by atoms with Crippen LogP contribution >= 0.6 is 7.82 Å². The normalized spacial score (nSPS) is 18.4. The molecule has 0 aliphatic carbocycles. The molecule has 15 heteroatoms. The molecule has 0 bridgehead atoms. The minimum absolute atomic E-state index is 0.00399. The number of quaternary nitrogens is 1. The van der Waals surface area contributed by atoms with E-state index in [2.05, 4.69) is 5.32 Å². The first-order valence-electron chi connectivity index (χ1n) is 14.9. The first kappa shape index (κ1) is 36.9. The summed E-state index contributed by atoms with van der Waals surface area (Å²) in [7, 11) is -3.16. The number of rotatable bonds is 17. The van der Waals surface area contributed by atoms with E-state index in [-0.39, 0.29) is 43.5 Å². The molecule has 13 nitrogen and oxygen atoms in total. The third kappa shape index (κ3) is 12.6. The van der Waals surface area contributed by atoms with Crippen LogP contribution in [-0.4, -0.2) is 107 Å². The monoisotopic (exact) mass is 671 g/mol. The second kappa shape index (κ2) is 16.3. The van der Waals surface area contributed by atoms with Crippen LogP contribution < -0.4 is 11.1 Å². The van der Waals surface area contributed by atoms with Crippen LogP contribution in [0.2, 0.25) is 0 Å². The van der Waals surface area contributed by atoms with Gasteiger partial charge in [-0.15, -0.1) is 0 Å². The lowest BCUT2D eigenvalue weighted by Gasteiger charge is -2.34.